The number of allylic oxidation sites excluding steroid dienone is 4. The number of nitrogens with zero attached hydrogens (tertiary/aromatic N) is 2. The van der Waals surface area contributed by atoms with E-state index in [4.69, 9.17) is 14.2 Å². The molecule has 3 aliphatic heterocycles. The number of benzene rings is 2. The zero-order valence-corrected chi connectivity index (χ0v) is 22.0. The number of halogens is 2. The zero-order valence-electron chi connectivity index (χ0n) is 22.0. The van der Waals surface area contributed by atoms with E-state index in [-0.39, 0.29) is 41.7 Å². The van der Waals surface area contributed by atoms with Crippen molar-refractivity contribution in [2.45, 2.75) is 36.9 Å². The lowest BCUT2D eigenvalue weighted by Crippen LogP contribution is -2.34. The van der Waals surface area contributed by atoms with Gasteiger partial charge >= 0.3 is 0 Å². The van der Waals surface area contributed by atoms with Gasteiger partial charge in [-0.15, -0.1) is 0 Å². The van der Waals surface area contributed by atoms with Crippen molar-refractivity contribution in [3.63, 3.8) is 0 Å². The number of H-pyrrole nitrogens is 1. The molecular weight excluding hydrogens is 536 g/mol. The van der Waals surface area contributed by atoms with Crippen molar-refractivity contribution < 1.29 is 38.0 Å². The van der Waals surface area contributed by atoms with Crippen molar-refractivity contribution in [2.24, 2.45) is 0 Å². The second-order valence-corrected chi connectivity index (χ2v) is 10.3. The summed E-state index contributed by atoms with van der Waals surface area (Å²) in [5.41, 5.74) is 1.61. The van der Waals surface area contributed by atoms with Crippen LogP contribution in [0.1, 0.15) is 12.0 Å². The standard InChI is InChI=1S/C30H29F2N3O6/c1-2-16(4-3-5-24(38)35-11-10-19(36)13-35)17-6-8-18(9-7-17)25-20(31)12-21-27(26(25)32)34-30(33-21)41-23-15-40-28-22(37)14-39-29(23)28/h2-9,12,19,22-23,28-29,36-37H,1,10-11,13-15H2,(H,33,34). The lowest BCUT2D eigenvalue weighted by atomic mass is 9.99. The van der Waals surface area contributed by atoms with Crippen molar-refractivity contribution in [1.29, 1.82) is 0 Å². The fourth-order valence-electron chi connectivity index (χ4n) is 5.46. The maximum Gasteiger partial charge on any atom is 0.295 e. The monoisotopic (exact) mass is 565 g/mol. The quantitative estimate of drug-likeness (QED) is 0.298. The molecule has 41 heavy (non-hydrogen) atoms. The van der Waals surface area contributed by atoms with Crippen LogP contribution in [-0.4, -0.2) is 87.8 Å². The number of amides is 1. The Morgan fingerprint density at radius 1 is 1.17 bits per heavy atom. The average molecular weight is 566 g/mol. The first-order valence-corrected chi connectivity index (χ1v) is 13.4. The van der Waals surface area contributed by atoms with Crippen molar-refractivity contribution in [2.75, 3.05) is 26.3 Å². The van der Waals surface area contributed by atoms with E-state index in [0.717, 1.165) is 5.56 Å². The van der Waals surface area contributed by atoms with Crippen LogP contribution >= 0.6 is 0 Å². The fraction of sp³-hybridized carbons (Fsp3) is 0.333. The number of hydrogen-bond donors (Lipinski definition) is 3. The van der Waals surface area contributed by atoms with Gasteiger partial charge in [0, 0.05) is 25.2 Å². The summed E-state index contributed by atoms with van der Waals surface area (Å²) >= 11 is 0. The number of nitrogens with one attached hydrogen (secondary N) is 1. The molecular formula is C30H29F2N3O6. The smallest absolute Gasteiger partial charge is 0.295 e. The minimum absolute atomic E-state index is 0.00162. The number of fused-ring (bicyclic) bond motifs is 2. The first kappa shape index (κ1) is 27.3. The molecule has 0 radical (unpaired) electrons. The largest absolute Gasteiger partial charge is 0.456 e. The second kappa shape index (κ2) is 11.2. The highest BCUT2D eigenvalue weighted by Gasteiger charge is 2.48. The summed E-state index contributed by atoms with van der Waals surface area (Å²) in [6.45, 7) is 4.98. The Morgan fingerprint density at radius 3 is 2.68 bits per heavy atom. The van der Waals surface area contributed by atoms with Crippen LogP contribution in [0, 0.1) is 11.6 Å². The minimum Gasteiger partial charge on any atom is -0.456 e. The maximum absolute atomic E-state index is 15.6. The van der Waals surface area contributed by atoms with Gasteiger partial charge in [-0.1, -0.05) is 49.1 Å². The van der Waals surface area contributed by atoms with Gasteiger partial charge in [-0.05, 0) is 23.1 Å². The molecule has 3 N–H and O–H groups in total. The van der Waals surface area contributed by atoms with Crippen LogP contribution in [0.2, 0.25) is 0 Å². The van der Waals surface area contributed by atoms with Gasteiger partial charge in [0.2, 0.25) is 5.91 Å². The Hall–Kier alpha value is -3.90. The van der Waals surface area contributed by atoms with Gasteiger partial charge in [-0.2, -0.15) is 4.98 Å². The van der Waals surface area contributed by atoms with Crippen LogP contribution in [0.4, 0.5) is 8.78 Å². The average Bonchev–Trinajstić information content (AvgIpc) is 3.74. The normalized spacial score (nSPS) is 26.3. The summed E-state index contributed by atoms with van der Waals surface area (Å²) in [4.78, 5) is 20.9. The number of β-amino-alcohol motifs (C(OH)–C–C–N with tert-alkyl or cyclic N) is 1. The number of carbonyl (C=O) groups excluding carboxylic acids is 1. The Labute approximate surface area is 234 Å². The Bertz CT molecular complexity index is 1540. The Kier molecular flexibility index (Phi) is 7.43. The number of aromatic nitrogens is 2. The third-order valence-electron chi connectivity index (χ3n) is 7.61. The third kappa shape index (κ3) is 5.29. The first-order chi connectivity index (χ1) is 19.8. The predicted octanol–water partition coefficient (Wildman–Crippen LogP) is 3.13. The predicted molar refractivity (Wildman–Crippen MR) is 146 cm³/mol. The molecule has 5 atom stereocenters. The van der Waals surface area contributed by atoms with Gasteiger partial charge in [0.15, 0.2) is 11.9 Å². The summed E-state index contributed by atoms with van der Waals surface area (Å²) in [5.74, 6) is -1.78. The van der Waals surface area contributed by atoms with Crippen LogP contribution < -0.4 is 4.74 Å². The van der Waals surface area contributed by atoms with Gasteiger partial charge in [0.1, 0.15) is 29.6 Å². The molecule has 5 unspecified atom stereocenters. The van der Waals surface area contributed by atoms with Crippen molar-refractivity contribution >= 4 is 22.5 Å². The number of aliphatic hydroxyl groups is 2. The van der Waals surface area contributed by atoms with Gasteiger partial charge in [0.25, 0.3) is 6.01 Å². The highest BCUT2D eigenvalue weighted by atomic mass is 19.1. The van der Waals surface area contributed by atoms with E-state index in [0.29, 0.717) is 30.6 Å². The Balaban J connectivity index is 1.19. The summed E-state index contributed by atoms with van der Waals surface area (Å²) < 4.78 is 47.6. The molecule has 3 aliphatic rings. The minimum atomic E-state index is -0.833. The summed E-state index contributed by atoms with van der Waals surface area (Å²) in [6, 6.07) is 7.79. The number of aliphatic hydroxyl groups excluding tert-OH is 2. The van der Waals surface area contributed by atoms with E-state index in [2.05, 4.69) is 16.5 Å². The van der Waals surface area contributed by atoms with E-state index >= 15 is 8.78 Å². The number of ether oxygens (including phenoxy) is 3. The second-order valence-electron chi connectivity index (χ2n) is 10.3. The van der Waals surface area contributed by atoms with Gasteiger partial charge < -0.3 is 34.3 Å². The number of likely N-dealkylation sites (tertiary alicyclic amines) is 1. The zero-order chi connectivity index (χ0) is 28.7. The molecule has 3 aromatic rings. The third-order valence-corrected chi connectivity index (χ3v) is 7.61. The van der Waals surface area contributed by atoms with Crippen LogP contribution in [0.15, 0.2) is 61.2 Å². The molecule has 0 bridgehead atoms. The number of carbonyl (C=O) groups is 1. The summed E-state index contributed by atoms with van der Waals surface area (Å²) in [5, 5.41) is 19.5. The lowest BCUT2D eigenvalue weighted by molar-refractivity contribution is -0.125. The molecule has 9 nitrogen and oxygen atoms in total. The first-order valence-electron chi connectivity index (χ1n) is 13.4. The molecule has 0 saturated carbocycles. The van der Waals surface area contributed by atoms with Gasteiger partial charge in [0.05, 0.1) is 30.4 Å². The van der Waals surface area contributed by atoms with E-state index in [1.165, 1.54) is 12.1 Å². The van der Waals surface area contributed by atoms with Crippen molar-refractivity contribution in [3.8, 4) is 17.1 Å². The molecule has 6 rings (SSSR count). The summed E-state index contributed by atoms with van der Waals surface area (Å²) in [6.07, 6.45) is 4.22. The number of rotatable bonds is 7. The fourth-order valence-corrected chi connectivity index (χ4v) is 5.46. The van der Waals surface area contributed by atoms with Crippen LogP contribution in [0.25, 0.3) is 27.7 Å². The van der Waals surface area contributed by atoms with Gasteiger partial charge in [-0.3, -0.25) is 4.79 Å². The molecule has 0 aliphatic carbocycles. The van der Waals surface area contributed by atoms with Crippen LogP contribution in [0.5, 0.6) is 6.01 Å². The number of aromatic amines is 1. The summed E-state index contributed by atoms with van der Waals surface area (Å²) in [7, 11) is 0. The van der Waals surface area contributed by atoms with E-state index in [9.17, 15) is 15.0 Å². The number of imidazole rings is 1. The number of hydrogen-bond acceptors (Lipinski definition) is 7. The van der Waals surface area contributed by atoms with E-state index < -0.39 is 42.2 Å². The molecule has 4 heterocycles. The van der Waals surface area contributed by atoms with Crippen LogP contribution in [0.3, 0.4) is 0 Å². The molecule has 11 heteroatoms. The highest BCUT2D eigenvalue weighted by molar-refractivity contribution is 5.89. The molecule has 1 aromatic heterocycles. The molecule has 3 fully saturated rings. The molecule has 2 aromatic carbocycles. The Morgan fingerprint density at radius 2 is 1.95 bits per heavy atom. The SMILES string of the molecule is C=CC(=CC=CC(=O)N1CCC(O)C1)c1ccc(-c2c(F)cc3[nH]c(OC4COC5C(O)COC45)nc3c2F)cc1. The van der Waals surface area contributed by atoms with Crippen LogP contribution in [-0.2, 0) is 14.3 Å². The molecule has 1 amide bonds. The van der Waals surface area contributed by atoms with Crippen molar-refractivity contribution in [3.05, 3.63) is 78.4 Å². The maximum atomic E-state index is 15.6. The molecule has 214 valence electrons. The lowest BCUT2D eigenvalue weighted by Gasteiger charge is -2.15. The molecule has 3 saturated heterocycles. The van der Waals surface area contributed by atoms with E-state index in [1.54, 1.807) is 47.4 Å². The molecule has 0 spiro atoms. The topological polar surface area (TPSA) is 117 Å². The van der Waals surface area contributed by atoms with Crippen molar-refractivity contribution in [1.82, 2.24) is 14.9 Å². The highest BCUT2D eigenvalue weighted by Crippen LogP contribution is 2.34. The van der Waals surface area contributed by atoms with Gasteiger partial charge in [-0.25, -0.2) is 8.78 Å². The van der Waals surface area contributed by atoms with E-state index in [1.807, 2.05) is 0 Å².